The first-order valence-corrected chi connectivity index (χ1v) is 6.93. The van der Waals surface area contributed by atoms with Crippen molar-refractivity contribution in [2.24, 2.45) is 11.8 Å². The van der Waals surface area contributed by atoms with Gasteiger partial charge in [-0.3, -0.25) is 4.79 Å². The highest BCUT2D eigenvalue weighted by Gasteiger charge is 2.28. The Kier molecular flexibility index (Phi) is 4.21. The van der Waals surface area contributed by atoms with Crippen molar-refractivity contribution in [3.8, 4) is 6.07 Å². The van der Waals surface area contributed by atoms with Crippen LogP contribution in [-0.2, 0) is 0 Å². The van der Waals surface area contributed by atoms with Gasteiger partial charge in [0.05, 0.1) is 11.6 Å². The number of rotatable bonds is 2. The molecule has 0 heterocycles. The Morgan fingerprint density at radius 2 is 1.95 bits per heavy atom. The lowest BCUT2D eigenvalue weighted by Crippen LogP contribution is -2.43. The summed E-state index contributed by atoms with van der Waals surface area (Å²) in [6.45, 7) is 4.47. The lowest BCUT2D eigenvalue weighted by Gasteiger charge is -2.34. The summed E-state index contributed by atoms with van der Waals surface area (Å²) >= 11 is 0. The van der Waals surface area contributed by atoms with Crippen LogP contribution in [0.1, 0.15) is 49.0 Å². The molecule has 3 nitrogen and oxygen atoms in total. The summed E-state index contributed by atoms with van der Waals surface area (Å²) in [6.07, 6.45) is 3.50. The molecule has 0 unspecified atom stereocenters. The minimum absolute atomic E-state index is 0.0320. The molecule has 1 fully saturated rings. The molecular weight excluding hydrogens is 236 g/mol. The van der Waals surface area contributed by atoms with Gasteiger partial charge in [-0.25, -0.2) is 0 Å². The van der Waals surface area contributed by atoms with Crippen molar-refractivity contribution in [2.45, 2.75) is 39.2 Å². The van der Waals surface area contributed by atoms with Gasteiger partial charge in [-0.15, -0.1) is 0 Å². The van der Waals surface area contributed by atoms with Crippen LogP contribution in [0.3, 0.4) is 0 Å². The molecule has 19 heavy (non-hydrogen) atoms. The molecule has 0 saturated heterocycles. The molecule has 0 aromatic heterocycles. The number of benzene rings is 1. The van der Waals surface area contributed by atoms with E-state index >= 15 is 0 Å². The van der Waals surface area contributed by atoms with Gasteiger partial charge in [0.1, 0.15) is 0 Å². The fourth-order valence-electron chi connectivity index (χ4n) is 2.73. The Bertz CT molecular complexity index is 486. The predicted octanol–water partition coefficient (Wildman–Crippen LogP) is 3.11. The van der Waals surface area contributed by atoms with E-state index in [2.05, 4.69) is 25.2 Å². The van der Waals surface area contributed by atoms with Crippen molar-refractivity contribution in [1.82, 2.24) is 5.32 Å². The van der Waals surface area contributed by atoms with Gasteiger partial charge in [-0.05, 0) is 42.5 Å². The second-order valence-corrected chi connectivity index (χ2v) is 5.54. The molecular formula is C16H20N2O. The number of hydrogen-bond acceptors (Lipinski definition) is 2. The van der Waals surface area contributed by atoms with E-state index in [0.29, 0.717) is 23.0 Å². The summed E-state index contributed by atoms with van der Waals surface area (Å²) in [4.78, 5) is 12.2. The number of carbonyl (C=O) groups is 1. The Morgan fingerprint density at radius 1 is 1.26 bits per heavy atom. The van der Waals surface area contributed by atoms with Gasteiger partial charge in [0, 0.05) is 11.6 Å². The number of nitriles is 1. The molecule has 1 saturated carbocycles. The van der Waals surface area contributed by atoms with Crippen LogP contribution in [0.5, 0.6) is 0 Å². The molecule has 1 aliphatic rings. The van der Waals surface area contributed by atoms with E-state index in [9.17, 15) is 4.79 Å². The number of nitrogens with zero attached hydrogens (tertiary/aromatic N) is 1. The van der Waals surface area contributed by atoms with Gasteiger partial charge < -0.3 is 5.32 Å². The zero-order valence-electron chi connectivity index (χ0n) is 11.5. The minimum Gasteiger partial charge on any atom is -0.349 e. The fourth-order valence-corrected chi connectivity index (χ4v) is 2.73. The van der Waals surface area contributed by atoms with Crippen LogP contribution in [0.15, 0.2) is 24.3 Å². The molecule has 3 heteroatoms. The molecule has 1 amide bonds. The average Bonchev–Trinajstić information content (AvgIpc) is 2.44. The first kappa shape index (κ1) is 13.6. The number of nitrogens with one attached hydrogen (secondary N) is 1. The normalized spacial score (nSPS) is 26.5. The number of hydrogen-bond donors (Lipinski definition) is 1. The van der Waals surface area contributed by atoms with Crippen LogP contribution in [0, 0.1) is 23.2 Å². The van der Waals surface area contributed by atoms with E-state index in [1.54, 1.807) is 24.3 Å². The molecule has 1 N–H and O–H groups in total. The summed E-state index contributed by atoms with van der Waals surface area (Å²) in [6, 6.07) is 9.12. The molecule has 0 radical (unpaired) electrons. The molecule has 1 aliphatic carbocycles. The van der Waals surface area contributed by atoms with Gasteiger partial charge in [-0.2, -0.15) is 5.26 Å². The number of amides is 1. The highest BCUT2D eigenvalue weighted by molar-refractivity contribution is 5.94. The minimum atomic E-state index is -0.0320. The lowest BCUT2D eigenvalue weighted by molar-refractivity contribution is 0.0891. The maximum atomic E-state index is 12.2. The summed E-state index contributed by atoms with van der Waals surface area (Å²) in [7, 11) is 0. The topological polar surface area (TPSA) is 52.9 Å². The molecule has 0 aliphatic heterocycles. The second-order valence-electron chi connectivity index (χ2n) is 5.54. The summed E-state index contributed by atoms with van der Waals surface area (Å²) in [5.74, 6) is 1.16. The van der Waals surface area contributed by atoms with E-state index in [1.807, 2.05) is 0 Å². The smallest absolute Gasteiger partial charge is 0.251 e. The predicted molar refractivity (Wildman–Crippen MR) is 74.6 cm³/mol. The van der Waals surface area contributed by atoms with E-state index in [0.717, 1.165) is 6.42 Å². The van der Waals surface area contributed by atoms with E-state index in [-0.39, 0.29) is 11.9 Å². The number of carbonyl (C=O) groups excluding carboxylic acids is 1. The highest BCUT2D eigenvalue weighted by atomic mass is 16.1. The first-order chi connectivity index (χ1) is 9.11. The Morgan fingerprint density at radius 3 is 2.58 bits per heavy atom. The van der Waals surface area contributed by atoms with Crippen molar-refractivity contribution in [2.75, 3.05) is 0 Å². The van der Waals surface area contributed by atoms with Gasteiger partial charge >= 0.3 is 0 Å². The lowest BCUT2D eigenvalue weighted by atomic mass is 9.78. The monoisotopic (exact) mass is 256 g/mol. The quantitative estimate of drug-likeness (QED) is 0.884. The molecule has 0 bridgehead atoms. The van der Waals surface area contributed by atoms with Gasteiger partial charge in [0.25, 0.3) is 5.91 Å². The maximum Gasteiger partial charge on any atom is 0.251 e. The van der Waals surface area contributed by atoms with Crippen molar-refractivity contribution >= 4 is 5.91 Å². The summed E-state index contributed by atoms with van der Waals surface area (Å²) in [5, 5.41) is 11.9. The molecule has 100 valence electrons. The zero-order valence-corrected chi connectivity index (χ0v) is 11.5. The maximum absolute atomic E-state index is 12.2. The van der Waals surface area contributed by atoms with Crippen molar-refractivity contribution in [1.29, 1.82) is 5.26 Å². The third-order valence-corrected chi connectivity index (χ3v) is 4.30. The van der Waals surface area contributed by atoms with Crippen molar-refractivity contribution < 1.29 is 4.79 Å². The summed E-state index contributed by atoms with van der Waals surface area (Å²) in [5.41, 5.74) is 1.21. The SMILES string of the molecule is C[C@H]1[C@@H](C)CCC[C@H]1NC(=O)c1ccc(C#N)cc1. The van der Waals surface area contributed by atoms with Crippen molar-refractivity contribution in [3.63, 3.8) is 0 Å². The van der Waals surface area contributed by atoms with E-state index in [1.165, 1.54) is 12.8 Å². The second kappa shape index (κ2) is 5.88. The van der Waals surface area contributed by atoms with Crippen LogP contribution in [0.25, 0.3) is 0 Å². The largest absolute Gasteiger partial charge is 0.349 e. The van der Waals surface area contributed by atoms with Crippen LogP contribution in [0.4, 0.5) is 0 Å². The Balaban J connectivity index is 2.02. The highest BCUT2D eigenvalue weighted by Crippen LogP contribution is 2.29. The Labute approximate surface area is 114 Å². The zero-order chi connectivity index (χ0) is 13.8. The molecule has 0 spiro atoms. The first-order valence-electron chi connectivity index (χ1n) is 6.93. The Hall–Kier alpha value is -1.82. The standard InChI is InChI=1S/C16H20N2O/c1-11-4-3-5-15(12(11)2)18-16(19)14-8-6-13(10-17)7-9-14/h6-9,11-12,15H,3-5H2,1-2H3,(H,18,19)/t11-,12-,15+/m0/s1. The molecule has 1 aromatic carbocycles. The van der Waals surface area contributed by atoms with Gasteiger partial charge in [-0.1, -0.05) is 26.7 Å². The fraction of sp³-hybridized carbons (Fsp3) is 0.500. The average molecular weight is 256 g/mol. The van der Waals surface area contributed by atoms with E-state index < -0.39 is 0 Å². The summed E-state index contributed by atoms with van der Waals surface area (Å²) < 4.78 is 0. The van der Waals surface area contributed by atoms with Gasteiger partial charge in [0.15, 0.2) is 0 Å². The molecule has 3 atom stereocenters. The third-order valence-electron chi connectivity index (χ3n) is 4.30. The third kappa shape index (κ3) is 3.14. The van der Waals surface area contributed by atoms with Crippen LogP contribution in [0.2, 0.25) is 0 Å². The van der Waals surface area contributed by atoms with Gasteiger partial charge in [0.2, 0.25) is 0 Å². The van der Waals surface area contributed by atoms with Crippen LogP contribution in [-0.4, -0.2) is 11.9 Å². The molecule has 1 aromatic rings. The van der Waals surface area contributed by atoms with Crippen LogP contribution < -0.4 is 5.32 Å². The van der Waals surface area contributed by atoms with E-state index in [4.69, 9.17) is 5.26 Å². The van der Waals surface area contributed by atoms with Crippen molar-refractivity contribution in [3.05, 3.63) is 35.4 Å². The molecule has 2 rings (SSSR count). The van der Waals surface area contributed by atoms with Crippen LogP contribution >= 0.6 is 0 Å².